The zero-order chi connectivity index (χ0) is 24.2. The minimum Gasteiger partial charge on any atom is -0.390 e. The molecule has 0 fully saturated rings. The third-order valence-electron chi connectivity index (χ3n) is 6.14. The number of amides is 1. The summed E-state index contributed by atoms with van der Waals surface area (Å²) in [5.74, 6) is -0.129. The number of anilines is 1. The number of aliphatic hydroxyl groups is 1. The van der Waals surface area contributed by atoms with Gasteiger partial charge in [0.1, 0.15) is 0 Å². The molecular formula is C28H41N3O2. The lowest BCUT2D eigenvalue weighted by Gasteiger charge is -2.40. The molecule has 3 rings (SSSR count). The highest BCUT2D eigenvalue weighted by molar-refractivity contribution is 5.73. The molecule has 0 saturated carbocycles. The molecule has 1 aliphatic rings. The van der Waals surface area contributed by atoms with Crippen molar-refractivity contribution in [2.75, 3.05) is 11.9 Å². The molecular weight excluding hydrogens is 410 g/mol. The van der Waals surface area contributed by atoms with Crippen LogP contribution in [0.4, 0.5) is 5.69 Å². The fourth-order valence-corrected chi connectivity index (χ4v) is 4.77. The third-order valence-corrected chi connectivity index (χ3v) is 6.14. The lowest BCUT2D eigenvalue weighted by atomic mass is 9.82. The summed E-state index contributed by atoms with van der Waals surface area (Å²) in [5, 5.41) is 21.3. The summed E-state index contributed by atoms with van der Waals surface area (Å²) < 4.78 is 0. The van der Waals surface area contributed by atoms with Crippen LogP contribution >= 0.6 is 0 Å². The van der Waals surface area contributed by atoms with Gasteiger partial charge in [-0.25, -0.2) is 0 Å². The normalized spacial score (nSPS) is 19.2. The first-order valence-electron chi connectivity index (χ1n) is 12.1. The van der Waals surface area contributed by atoms with Crippen molar-refractivity contribution in [1.82, 2.24) is 10.6 Å². The number of carbonyl (C=O) groups is 1. The van der Waals surface area contributed by atoms with E-state index >= 15 is 0 Å². The number of aliphatic hydroxyl groups excluding tert-OH is 1. The van der Waals surface area contributed by atoms with Crippen molar-refractivity contribution in [3.8, 4) is 0 Å². The van der Waals surface area contributed by atoms with Gasteiger partial charge in [0.25, 0.3) is 0 Å². The molecule has 0 aromatic heterocycles. The van der Waals surface area contributed by atoms with Gasteiger partial charge in [0, 0.05) is 30.7 Å². The zero-order valence-corrected chi connectivity index (χ0v) is 21.0. The Labute approximate surface area is 199 Å². The maximum absolute atomic E-state index is 11.8. The SMILES string of the molecule is CC(=O)N[C@@H](Cc1ccccc1)[C@H](O)CN[C@H]1CC(C)(C)Nc2ccc(CC(C)(C)C)cc21. The van der Waals surface area contributed by atoms with Crippen LogP contribution in [-0.4, -0.2) is 35.2 Å². The predicted octanol–water partition coefficient (Wildman–Crippen LogP) is 4.61. The van der Waals surface area contributed by atoms with E-state index in [-0.39, 0.29) is 28.9 Å². The Morgan fingerprint density at radius 2 is 1.85 bits per heavy atom. The van der Waals surface area contributed by atoms with Gasteiger partial charge < -0.3 is 21.1 Å². The summed E-state index contributed by atoms with van der Waals surface area (Å²) in [6.07, 6.45) is 1.82. The van der Waals surface area contributed by atoms with E-state index in [1.807, 2.05) is 30.3 Å². The van der Waals surface area contributed by atoms with Crippen LogP contribution in [0.3, 0.4) is 0 Å². The molecule has 2 aromatic rings. The van der Waals surface area contributed by atoms with E-state index in [9.17, 15) is 9.90 Å². The van der Waals surface area contributed by atoms with Gasteiger partial charge in [-0.3, -0.25) is 4.79 Å². The Balaban J connectivity index is 1.75. The Kier molecular flexibility index (Phi) is 7.86. The molecule has 3 atom stereocenters. The van der Waals surface area contributed by atoms with Gasteiger partial charge in [-0.15, -0.1) is 0 Å². The standard InChI is InChI=1S/C28H41N3O2/c1-19(32)30-24(15-20-10-8-7-9-11-20)26(33)18-29-25-17-28(5,6)31-23-13-12-21(14-22(23)25)16-27(2,3)4/h7-14,24-26,29,31,33H,15-18H2,1-6H3,(H,30,32)/t24-,25-,26+/m0/s1. The highest BCUT2D eigenvalue weighted by Crippen LogP contribution is 2.38. The lowest BCUT2D eigenvalue weighted by molar-refractivity contribution is -0.120. The smallest absolute Gasteiger partial charge is 0.217 e. The van der Waals surface area contributed by atoms with Crippen LogP contribution in [0.25, 0.3) is 0 Å². The van der Waals surface area contributed by atoms with Gasteiger partial charge >= 0.3 is 0 Å². The number of carbonyl (C=O) groups excluding carboxylic acids is 1. The molecule has 0 spiro atoms. The molecule has 0 unspecified atom stereocenters. The van der Waals surface area contributed by atoms with Gasteiger partial charge in [0.2, 0.25) is 5.91 Å². The molecule has 33 heavy (non-hydrogen) atoms. The molecule has 0 bridgehead atoms. The van der Waals surface area contributed by atoms with Crippen molar-refractivity contribution in [1.29, 1.82) is 0 Å². The maximum atomic E-state index is 11.8. The summed E-state index contributed by atoms with van der Waals surface area (Å²) in [6.45, 7) is 13.1. The van der Waals surface area contributed by atoms with Crippen molar-refractivity contribution in [2.45, 2.75) is 84.5 Å². The summed E-state index contributed by atoms with van der Waals surface area (Å²) in [6, 6.07) is 16.5. The van der Waals surface area contributed by atoms with E-state index in [1.54, 1.807) is 0 Å². The third kappa shape index (κ3) is 7.58. The monoisotopic (exact) mass is 451 g/mol. The molecule has 180 valence electrons. The fraction of sp³-hybridized carbons (Fsp3) is 0.536. The number of nitrogens with one attached hydrogen (secondary N) is 3. The van der Waals surface area contributed by atoms with Gasteiger partial charge in [0.15, 0.2) is 0 Å². The summed E-state index contributed by atoms with van der Waals surface area (Å²) in [4.78, 5) is 11.8. The van der Waals surface area contributed by atoms with E-state index in [2.05, 4.69) is 68.8 Å². The molecule has 1 heterocycles. The average molecular weight is 452 g/mol. The Bertz CT molecular complexity index is 934. The van der Waals surface area contributed by atoms with Crippen LogP contribution in [0.15, 0.2) is 48.5 Å². The van der Waals surface area contributed by atoms with E-state index in [1.165, 1.54) is 18.1 Å². The van der Waals surface area contributed by atoms with E-state index in [0.29, 0.717) is 13.0 Å². The minimum absolute atomic E-state index is 0.0533. The molecule has 1 aliphatic heterocycles. The van der Waals surface area contributed by atoms with Crippen LogP contribution in [-0.2, 0) is 17.6 Å². The lowest BCUT2D eigenvalue weighted by Crippen LogP contribution is -2.50. The van der Waals surface area contributed by atoms with Crippen molar-refractivity contribution in [2.24, 2.45) is 5.41 Å². The topological polar surface area (TPSA) is 73.4 Å². The second-order valence-electron chi connectivity index (χ2n) is 11.4. The van der Waals surface area contributed by atoms with E-state index in [0.717, 1.165) is 24.1 Å². The van der Waals surface area contributed by atoms with Crippen molar-refractivity contribution >= 4 is 11.6 Å². The largest absolute Gasteiger partial charge is 0.390 e. The molecule has 0 radical (unpaired) electrons. The van der Waals surface area contributed by atoms with Crippen molar-refractivity contribution < 1.29 is 9.90 Å². The second-order valence-corrected chi connectivity index (χ2v) is 11.4. The second kappa shape index (κ2) is 10.3. The minimum atomic E-state index is -0.701. The molecule has 5 heteroatoms. The number of benzene rings is 2. The van der Waals surface area contributed by atoms with Gasteiger partial charge in [-0.05, 0) is 61.3 Å². The number of hydrogen-bond acceptors (Lipinski definition) is 4. The van der Waals surface area contributed by atoms with Crippen LogP contribution in [0.2, 0.25) is 0 Å². The first-order valence-corrected chi connectivity index (χ1v) is 12.1. The fourth-order valence-electron chi connectivity index (χ4n) is 4.77. The summed E-state index contributed by atoms with van der Waals surface area (Å²) in [5.41, 5.74) is 4.99. The highest BCUT2D eigenvalue weighted by atomic mass is 16.3. The first-order chi connectivity index (χ1) is 15.4. The molecule has 0 aliphatic carbocycles. The van der Waals surface area contributed by atoms with Gasteiger partial charge in [0.05, 0.1) is 12.1 Å². The van der Waals surface area contributed by atoms with Crippen LogP contribution < -0.4 is 16.0 Å². The summed E-state index contributed by atoms with van der Waals surface area (Å²) >= 11 is 0. The van der Waals surface area contributed by atoms with Crippen LogP contribution in [0.5, 0.6) is 0 Å². The zero-order valence-electron chi connectivity index (χ0n) is 21.0. The Morgan fingerprint density at radius 1 is 1.15 bits per heavy atom. The number of fused-ring (bicyclic) bond motifs is 1. The number of rotatable bonds is 8. The van der Waals surface area contributed by atoms with Crippen molar-refractivity contribution in [3.63, 3.8) is 0 Å². The average Bonchev–Trinajstić information content (AvgIpc) is 2.70. The Morgan fingerprint density at radius 3 is 2.48 bits per heavy atom. The van der Waals surface area contributed by atoms with Gasteiger partial charge in [-0.1, -0.05) is 63.2 Å². The number of hydrogen-bond donors (Lipinski definition) is 4. The Hall–Kier alpha value is -2.37. The predicted molar refractivity (Wildman–Crippen MR) is 136 cm³/mol. The molecule has 0 saturated heterocycles. The van der Waals surface area contributed by atoms with Crippen molar-refractivity contribution in [3.05, 3.63) is 65.2 Å². The first kappa shape index (κ1) is 25.3. The van der Waals surface area contributed by atoms with Gasteiger partial charge in [-0.2, -0.15) is 0 Å². The molecule has 2 aromatic carbocycles. The van der Waals surface area contributed by atoms with Crippen LogP contribution in [0, 0.1) is 5.41 Å². The maximum Gasteiger partial charge on any atom is 0.217 e. The quantitative estimate of drug-likeness (QED) is 0.473. The molecule has 4 N–H and O–H groups in total. The van der Waals surface area contributed by atoms with E-state index < -0.39 is 6.10 Å². The van der Waals surface area contributed by atoms with E-state index in [4.69, 9.17) is 0 Å². The molecule has 5 nitrogen and oxygen atoms in total. The summed E-state index contributed by atoms with van der Waals surface area (Å²) in [7, 11) is 0. The highest BCUT2D eigenvalue weighted by Gasteiger charge is 2.32. The van der Waals surface area contributed by atoms with Crippen LogP contribution in [0.1, 0.15) is 70.7 Å². The molecule has 1 amide bonds.